The maximum absolute atomic E-state index is 14.0. The monoisotopic (exact) mass is 558 g/mol. The van der Waals surface area contributed by atoms with Gasteiger partial charge in [-0.25, -0.2) is 4.39 Å². The van der Waals surface area contributed by atoms with E-state index in [0.29, 0.717) is 0 Å². The Labute approximate surface area is 246 Å². The lowest BCUT2D eigenvalue weighted by molar-refractivity contribution is -0.106. The van der Waals surface area contributed by atoms with Crippen LogP contribution in [-0.2, 0) is 16.0 Å². The van der Waals surface area contributed by atoms with Gasteiger partial charge in [0.25, 0.3) is 0 Å². The SMILES string of the molecule is CC=O.CCC1CCOCC1.CCCN(CCC)c1ccc(Cc2c(-c3ccccc3)cc3ccc(F)cn23)cc1. The zero-order valence-electron chi connectivity index (χ0n) is 25.3. The van der Waals surface area contributed by atoms with Crippen molar-refractivity contribution in [1.29, 1.82) is 0 Å². The van der Waals surface area contributed by atoms with Crippen LogP contribution in [0.3, 0.4) is 0 Å². The summed E-state index contributed by atoms with van der Waals surface area (Å²) in [5.41, 5.74) is 6.94. The van der Waals surface area contributed by atoms with E-state index in [-0.39, 0.29) is 5.82 Å². The number of pyridine rings is 1. The number of rotatable bonds is 9. The standard InChI is InChI=1S/C27H29FN2.C7H14O.C2H4O/c1-3-16-29(17-4-2)24-13-10-21(11-14-24)18-27-26(22-8-6-5-7-9-22)19-25-15-12-23(28)20-30(25)27;1-2-7-3-5-8-6-4-7;1-2-3/h5-15,19-20H,3-4,16-18H2,1-2H3;7H,2-6H2,1H3;2H,1H3. The lowest BCUT2D eigenvalue weighted by Gasteiger charge is -2.24. The van der Waals surface area contributed by atoms with Gasteiger partial charge in [-0.15, -0.1) is 0 Å². The van der Waals surface area contributed by atoms with Crippen molar-refractivity contribution in [2.45, 2.75) is 66.2 Å². The number of nitrogens with zero attached hydrogens (tertiary/aromatic N) is 2. The highest BCUT2D eigenvalue weighted by molar-refractivity contribution is 5.74. The van der Waals surface area contributed by atoms with Crippen LogP contribution in [0.4, 0.5) is 10.1 Å². The molecule has 0 atom stereocenters. The van der Waals surface area contributed by atoms with Crippen LogP contribution >= 0.6 is 0 Å². The molecule has 1 fully saturated rings. The maximum Gasteiger partial charge on any atom is 0.139 e. The average molecular weight is 559 g/mol. The van der Waals surface area contributed by atoms with Crippen molar-refractivity contribution in [3.05, 3.63) is 96.1 Å². The zero-order chi connectivity index (χ0) is 29.5. The van der Waals surface area contributed by atoms with Gasteiger partial charge in [-0.3, -0.25) is 0 Å². The number of anilines is 1. The first kappa shape index (κ1) is 32.1. The Balaban J connectivity index is 0.000000354. The van der Waals surface area contributed by atoms with Crippen LogP contribution in [0, 0.1) is 11.7 Å². The molecule has 5 rings (SSSR count). The molecular weight excluding hydrogens is 511 g/mol. The van der Waals surface area contributed by atoms with Gasteiger partial charge < -0.3 is 18.8 Å². The van der Waals surface area contributed by atoms with Crippen LogP contribution in [0.15, 0.2) is 79.0 Å². The molecule has 1 aliphatic rings. The number of ether oxygens (including phenoxy) is 1. The molecule has 0 N–H and O–H groups in total. The molecule has 0 bridgehead atoms. The molecule has 2 aromatic heterocycles. The van der Waals surface area contributed by atoms with Crippen LogP contribution in [-0.4, -0.2) is 37.0 Å². The number of carbonyl (C=O) groups is 1. The Bertz CT molecular complexity index is 1290. The first-order chi connectivity index (χ1) is 20.0. The molecule has 0 saturated carbocycles. The first-order valence-corrected chi connectivity index (χ1v) is 15.2. The predicted octanol–water partition coefficient (Wildman–Crippen LogP) is 8.99. The summed E-state index contributed by atoms with van der Waals surface area (Å²) in [6, 6.07) is 24.7. The second-order valence-corrected chi connectivity index (χ2v) is 10.5. The van der Waals surface area contributed by atoms with E-state index in [1.54, 1.807) is 6.20 Å². The minimum absolute atomic E-state index is 0.218. The average Bonchev–Trinajstić information content (AvgIpc) is 3.36. The molecule has 1 aliphatic heterocycles. The molecule has 2 aromatic carbocycles. The molecule has 1 saturated heterocycles. The van der Waals surface area contributed by atoms with E-state index in [2.05, 4.69) is 68.1 Å². The number of benzene rings is 2. The number of fused-ring (bicyclic) bond motifs is 1. The predicted molar refractivity (Wildman–Crippen MR) is 170 cm³/mol. The van der Waals surface area contributed by atoms with Crippen molar-refractivity contribution in [1.82, 2.24) is 4.40 Å². The summed E-state index contributed by atoms with van der Waals surface area (Å²) in [5, 5.41) is 0. The first-order valence-electron chi connectivity index (χ1n) is 15.2. The molecule has 0 spiro atoms. The highest BCUT2D eigenvalue weighted by atomic mass is 19.1. The van der Waals surface area contributed by atoms with Crippen molar-refractivity contribution in [2.75, 3.05) is 31.2 Å². The molecule has 3 heterocycles. The van der Waals surface area contributed by atoms with Crippen LogP contribution in [0.2, 0.25) is 0 Å². The van der Waals surface area contributed by atoms with E-state index >= 15 is 0 Å². The summed E-state index contributed by atoms with van der Waals surface area (Å²) < 4.78 is 21.2. The number of hydrogen-bond acceptors (Lipinski definition) is 3. The minimum Gasteiger partial charge on any atom is -0.381 e. The van der Waals surface area contributed by atoms with Crippen LogP contribution in [0.25, 0.3) is 16.6 Å². The molecule has 0 aliphatic carbocycles. The number of aldehydes is 1. The van der Waals surface area contributed by atoms with Gasteiger partial charge in [0, 0.05) is 61.4 Å². The molecule has 4 nitrogen and oxygen atoms in total. The molecule has 4 aromatic rings. The third-order valence-electron chi connectivity index (χ3n) is 7.50. The van der Waals surface area contributed by atoms with Crippen molar-refractivity contribution in [2.24, 2.45) is 5.92 Å². The third kappa shape index (κ3) is 9.57. The summed E-state index contributed by atoms with van der Waals surface area (Å²) in [5.74, 6) is 0.743. The van der Waals surface area contributed by atoms with Crippen LogP contribution in [0.1, 0.15) is 71.1 Å². The van der Waals surface area contributed by atoms with E-state index < -0.39 is 0 Å². The van der Waals surface area contributed by atoms with Gasteiger partial charge in [-0.2, -0.15) is 0 Å². The zero-order valence-corrected chi connectivity index (χ0v) is 25.3. The Morgan fingerprint density at radius 2 is 1.56 bits per heavy atom. The smallest absolute Gasteiger partial charge is 0.139 e. The topological polar surface area (TPSA) is 34.0 Å². The largest absolute Gasteiger partial charge is 0.381 e. The third-order valence-corrected chi connectivity index (χ3v) is 7.50. The van der Waals surface area contributed by atoms with Gasteiger partial charge in [0.2, 0.25) is 0 Å². The molecule has 0 radical (unpaired) electrons. The lowest BCUT2D eigenvalue weighted by Crippen LogP contribution is -2.24. The number of carbonyl (C=O) groups excluding carboxylic acids is 1. The van der Waals surface area contributed by atoms with E-state index in [1.165, 1.54) is 43.5 Å². The van der Waals surface area contributed by atoms with Gasteiger partial charge in [0.05, 0.1) is 0 Å². The van der Waals surface area contributed by atoms with E-state index in [1.807, 2.05) is 28.7 Å². The lowest BCUT2D eigenvalue weighted by atomic mass is 9.98. The Kier molecular flexibility index (Phi) is 13.6. The molecule has 0 amide bonds. The summed E-state index contributed by atoms with van der Waals surface area (Å²) >= 11 is 0. The van der Waals surface area contributed by atoms with Gasteiger partial charge in [-0.05, 0) is 80.0 Å². The Hall–Kier alpha value is -3.44. The fraction of sp³-hybridized carbons (Fsp3) is 0.417. The minimum atomic E-state index is -0.218. The van der Waals surface area contributed by atoms with Crippen LogP contribution < -0.4 is 4.90 Å². The number of aromatic nitrogens is 1. The van der Waals surface area contributed by atoms with Gasteiger partial charge in [-0.1, -0.05) is 69.7 Å². The Morgan fingerprint density at radius 1 is 0.927 bits per heavy atom. The fourth-order valence-electron chi connectivity index (χ4n) is 5.33. The van der Waals surface area contributed by atoms with E-state index in [4.69, 9.17) is 9.53 Å². The molecule has 220 valence electrons. The molecule has 41 heavy (non-hydrogen) atoms. The quantitative estimate of drug-likeness (QED) is 0.192. The second-order valence-electron chi connectivity index (χ2n) is 10.5. The van der Waals surface area contributed by atoms with Crippen molar-refractivity contribution >= 4 is 17.5 Å². The second kappa shape index (κ2) is 17.4. The van der Waals surface area contributed by atoms with Gasteiger partial charge in [0.15, 0.2) is 0 Å². The van der Waals surface area contributed by atoms with E-state index in [9.17, 15) is 4.39 Å². The normalized spacial score (nSPS) is 13.1. The van der Waals surface area contributed by atoms with Crippen LogP contribution in [0.5, 0.6) is 0 Å². The van der Waals surface area contributed by atoms with Crippen molar-refractivity contribution in [3.63, 3.8) is 0 Å². The van der Waals surface area contributed by atoms with Gasteiger partial charge >= 0.3 is 0 Å². The maximum atomic E-state index is 14.0. The van der Waals surface area contributed by atoms with Crippen molar-refractivity contribution < 1.29 is 13.9 Å². The number of hydrogen-bond donors (Lipinski definition) is 0. The summed E-state index contributed by atoms with van der Waals surface area (Å²) in [4.78, 5) is 11.3. The summed E-state index contributed by atoms with van der Waals surface area (Å²) in [6.07, 6.45) is 9.30. The Morgan fingerprint density at radius 3 is 2.12 bits per heavy atom. The fourth-order valence-corrected chi connectivity index (χ4v) is 5.33. The molecule has 5 heteroatoms. The number of halogens is 1. The molecular formula is C36H47FN2O2. The van der Waals surface area contributed by atoms with E-state index in [0.717, 1.165) is 80.1 Å². The highest BCUT2D eigenvalue weighted by Gasteiger charge is 2.14. The van der Waals surface area contributed by atoms with Gasteiger partial charge in [0.1, 0.15) is 12.1 Å². The van der Waals surface area contributed by atoms with Crippen molar-refractivity contribution in [3.8, 4) is 11.1 Å². The summed E-state index contributed by atoms with van der Waals surface area (Å²) in [6.45, 7) is 12.3. The highest BCUT2D eigenvalue weighted by Crippen LogP contribution is 2.30. The molecule has 0 unspecified atom stereocenters. The summed E-state index contributed by atoms with van der Waals surface area (Å²) in [7, 11) is 0.